The lowest BCUT2D eigenvalue weighted by molar-refractivity contribution is -0.137. The minimum Gasteiger partial charge on any atom is -0.166 e. The second kappa shape index (κ2) is 5.74. The quantitative estimate of drug-likeness (QED) is 0.794. The van der Waals surface area contributed by atoms with Crippen LogP contribution in [0.15, 0.2) is 24.3 Å². The van der Waals surface area contributed by atoms with Crippen LogP contribution in [0.4, 0.5) is 13.2 Å². The minimum absolute atomic E-state index is 0.275. The molecule has 0 unspecified atom stereocenters. The van der Waals surface area contributed by atoms with Crippen LogP contribution in [-0.4, -0.2) is 20.2 Å². The summed E-state index contributed by atoms with van der Waals surface area (Å²) in [7, 11) is 0. The van der Waals surface area contributed by atoms with Gasteiger partial charge in [0.2, 0.25) is 5.82 Å². The fourth-order valence-corrected chi connectivity index (χ4v) is 1.49. The Bertz CT molecular complexity index is 632. The molecule has 1 heterocycles. The van der Waals surface area contributed by atoms with Gasteiger partial charge in [-0.1, -0.05) is 25.0 Å². The SMILES string of the molecule is CCC#CCn1nnc(-c2ccc(C(F)(F)F)cc2)n1. The molecule has 1 aromatic carbocycles. The summed E-state index contributed by atoms with van der Waals surface area (Å²) in [5.41, 5.74) is -0.227. The maximum atomic E-state index is 12.4. The van der Waals surface area contributed by atoms with Crippen molar-refractivity contribution in [1.29, 1.82) is 0 Å². The highest BCUT2D eigenvalue weighted by molar-refractivity contribution is 5.54. The Kier molecular flexibility index (Phi) is 4.03. The smallest absolute Gasteiger partial charge is 0.166 e. The zero-order valence-electron chi connectivity index (χ0n) is 10.6. The lowest BCUT2D eigenvalue weighted by atomic mass is 10.1. The number of alkyl halides is 3. The molecule has 0 aliphatic heterocycles. The van der Waals surface area contributed by atoms with Crippen LogP contribution in [-0.2, 0) is 12.7 Å². The van der Waals surface area contributed by atoms with Gasteiger partial charge in [0, 0.05) is 12.0 Å². The monoisotopic (exact) mass is 280 g/mol. The van der Waals surface area contributed by atoms with Crippen molar-refractivity contribution in [3.05, 3.63) is 29.8 Å². The van der Waals surface area contributed by atoms with E-state index >= 15 is 0 Å². The number of hydrogen-bond donors (Lipinski definition) is 0. The number of rotatable bonds is 2. The Labute approximate surface area is 113 Å². The number of benzene rings is 1. The van der Waals surface area contributed by atoms with E-state index in [1.54, 1.807) is 0 Å². The summed E-state index contributed by atoms with van der Waals surface area (Å²) in [4.78, 5) is 1.30. The highest BCUT2D eigenvalue weighted by Gasteiger charge is 2.30. The number of nitrogens with zero attached hydrogens (tertiary/aromatic N) is 4. The van der Waals surface area contributed by atoms with E-state index in [2.05, 4.69) is 27.3 Å². The van der Waals surface area contributed by atoms with Crippen LogP contribution in [0.2, 0.25) is 0 Å². The van der Waals surface area contributed by atoms with Gasteiger partial charge in [0.05, 0.1) is 5.56 Å². The minimum atomic E-state index is -4.35. The first-order chi connectivity index (χ1) is 9.50. The Morgan fingerprint density at radius 3 is 2.45 bits per heavy atom. The van der Waals surface area contributed by atoms with Gasteiger partial charge in [0.1, 0.15) is 6.54 Å². The van der Waals surface area contributed by atoms with Gasteiger partial charge >= 0.3 is 6.18 Å². The first kappa shape index (κ1) is 14.1. The number of aromatic nitrogens is 4. The summed E-state index contributed by atoms with van der Waals surface area (Å²) < 4.78 is 37.3. The zero-order valence-corrected chi connectivity index (χ0v) is 10.6. The summed E-state index contributed by atoms with van der Waals surface area (Å²) in [5, 5.41) is 11.6. The summed E-state index contributed by atoms with van der Waals surface area (Å²) in [5.74, 6) is 5.99. The molecule has 0 aliphatic carbocycles. The molecule has 104 valence electrons. The second-order valence-corrected chi connectivity index (χ2v) is 3.93. The van der Waals surface area contributed by atoms with E-state index in [9.17, 15) is 13.2 Å². The average Bonchev–Trinajstić information content (AvgIpc) is 2.87. The molecule has 0 saturated heterocycles. The molecule has 2 aromatic rings. The molecule has 1 aromatic heterocycles. The molecule has 7 heteroatoms. The lowest BCUT2D eigenvalue weighted by Crippen LogP contribution is -2.04. The van der Waals surface area contributed by atoms with Crippen molar-refractivity contribution in [3.8, 4) is 23.2 Å². The summed E-state index contributed by atoms with van der Waals surface area (Å²) in [6.07, 6.45) is -3.61. The molecule has 2 rings (SSSR count). The van der Waals surface area contributed by atoms with E-state index in [4.69, 9.17) is 0 Å². The van der Waals surface area contributed by atoms with Gasteiger partial charge in [-0.05, 0) is 17.3 Å². The van der Waals surface area contributed by atoms with Crippen molar-refractivity contribution in [2.75, 3.05) is 0 Å². The van der Waals surface area contributed by atoms with Crippen molar-refractivity contribution >= 4 is 0 Å². The molecule has 0 atom stereocenters. The molecule has 4 nitrogen and oxygen atoms in total. The van der Waals surface area contributed by atoms with Crippen LogP contribution in [0.25, 0.3) is 11.4 Å². The molecule has 0 saturated carbocycles. The van der Waals surface area contributed by atoms with Gasteiger partial charge < -0.3 is 0 Å². The van der Waals surface area contributed by atoms with Crippen LogP contribution in [0.1, 0.15) is 18.9 Å². The fraction of sp³-hybridized carbons (Fsp3) is 0.308. The lowest BCUT2D eigenvalue weighted by Gasteiger charge is -2.05. The maximum Gasteiger partial charge on any atom is 0.416 e. The Balaban J connectivity index is 2.16. The van der Waals surface area contributed by atoms with Gasteiger partial charge in [0.25, 0.3) is 0 Å². The van der Waals surface area contributed by atoms with E-state index < -0.39 is 11.7 Å². The molecular weight excluding hydrogens is 269 g/mol. The molecule has 0 aliphatic rings. The van der Waals surface area contributed by atoms with Crippen LogP contribution in [0, 0.1) is 11.8 Å². The van der Waals surface area contributed by atoms with Crippen molar-refractivity contribution in [1.82, 2.24) is 20.2 Å². The Morgan fingerprint density at radius 1 is 1.15 bits per heavy atom. The van der Waals surface area contributed by atoms with Gasteiger partial charge in [-0.15, -0.1) is 16.1 Å². The predicted octanol–water partition coefficient (Wildman–Crippen LogP) is 2.77. The van der Waals surface area contributed by atoms with Gasteiger partial charge in [-0.25, -0.2) is 0 Å². The number of tetrazole rings is 1. The van der Waals surface area contributed by atoms with Gasteiger partial charge in [-0.3, -0.25) is 0 Å². The molecule has 0 amide bonds. The van der Waals surface area contributed by atoms with Gasteiger partial charge in [0.15, 0.2) is 0 Å². The molecule has 0 radical (unpaired) electrons. The molecule has 0 spiro atoms. The molecule has 0 N–H and O–H groups in total. The Morgan fingerprint density at radius 2 is 1.85 bits per heavy atom. The molecule has 0 fully saturated rings. The third-order valence-electron chi connectivity index (χ3n) is 2.45. The molecule has 0 bridgehead atoms. The Hall–Kier alpha value is -2.36. The van der Waals surface area contributed by atoms with Gasteiger partial charge in [-0.2, -0.15) is 18.0 Å². The van der Waals surface area contributed by atoms with E-state index in [1.165, 1.54) is 16.9 Å². The first-order valence-corrected chi connectivity index (χ1v) is 5.92. The highest BCUT2D eigenvalue weighted by Crippen LogP contribution is 2.30. The van der Waals surface area contributed by atoms with Crippen molar-refractivity contribution in [2.45, 2.75) is 26.1 Å². The first-order valence-electron chi connectivity index (χ1n) is 5.92. The number of halogens is 3. The highest BCUT2D eigenvalue weighted by atomic mass is 19.4. The van der Waals surface area contributed by atoms with Crippen molar-refractivity contribution in [3.63, 3.8) is 0 Å². The van der Waals surface area contributed by atoms with E-state index in [0.717, 1.165) is 18.6 Å². The topological polar surface area (TPSA) is 43.6 Å². The van der Waals surface area contributed by atoms with E-state index in [-0.39, 0.29) is 5.82 Å². The molecule has 20 heavy (non-hydrogen) atoms. The van der Waals surface area contributed by atoms with Crippen LogP contribution < -0.4 is 0 Å². The van der Waals surface area contributed by atoms with Crippen LogP contribution >= 0.6 is 0 Å². The van der Waals surface area contributed by atoms with E-state index in [1.807, 2.05) is 6.92 Å². The standard InChI is InChI=1S/C13H11F3N4/c1-2-3-4-9-20-18-12(17-19-20)10-5-7-11(8-6-10)13(14,15)16/h5-8H,2,9H2,1H3. The zero-order chi connectivity index (χ0) is 14.6. The molecular formula is C13H11F3N4. The number of hydrogen-bond acceptors (Lipinski definition) is 3. The summed E-state index contributed by atoms with van der Waals surface area (Å²) in [6.45, 7) is 2.23. The van der Waals surface area contributed by atoms with E-state index in [0.29, 0.717) is 12.1 Å². The van der Waals surface area contributed by atoms with Crippen LogP contribution in [0.5, 0.6) is 0 Å². The van der Waals surface area contributed by atoms with Crippen LogP contribution in [0.3, 0.4) is 0 Å². The fourth-order valence-electron chi connectivity index (χ4n) is 1.49. The predicted molar refractivity (Wildman–Crippen MR) is 66.3 cm³/mol. The maximum absolute atomic E-state index is 12.4. The summed E-state index contributed by atoms with van der Waals surface area (Å²) in [6, 6.07) is 4.63. The van der Waals surface area contributed by atoms with Crippen molar-refractivity contribution in [2.24, 2.45) is 0 Å². The van der Waals surface area contributed by atoms with Crippen molar-refractivity contribution < 1.29 is 13.2 Å². The largest absolute Gasteiger partial charge is 0.416 e. The summed E-state index contributed by atoms with van der Waals surface area (Å²) >= 11 is 0. The second-order valence-electron chi connectivity index (χ2n) is 3.93. The third kappa shape index (κ3) is 3.35. The average molecular weight is 280 g/mol. The third-order valence-corrected chi connectivity index (χ3v) is 2.45. The normalized spacial score (nSPS) is 11.0.